The summed E-state index contributed by atoms with van der Waals surface area (Å²) in [6.07, 6.45) is 0. The number of anilines is 1. The zero-order chi connectivity index (χ0) is 20.4. The van der Waals surface area contributed by atoms with Crippen LogP contribution in [0.4, 0.5) is 5.69 Å². The fraction of sp³-hybridized carbons (Fsp3) is 0.455. The van der Waals surface area contributed by atoms with E-state index in [4.69, 9.17) is 15.0 Å². The first kappa shape index (κ1) is 20.7. The van der Waals surface area contributed by atoms with Crippen LogP contribution in [-0.2, 0) is 17.4 Å². The molecule has 0 spiro atoms. The highest BCUT2D eigenvalue weighted by Gasteiger charge is 2.25. The van der Waals surface area contributed by atoms with E-state index in [2.05, 4.69) is 65.1 Å². The summed E-state index contributed by atoms with van der Waals surface area (Å²) in [7, 11) is 0. The predicted octanol–water partition coefficient (Wildman–Crippen LogP) is 5.28. The van der Waals surface area contributed by atoms with Gasteiger partial charge in [0.05, 0.1) is 6.54 Å². The molecule has 1 aromatic heterocycles. The number of aromatic nitrogens is 3. The Labute approximate surface area is 163 Å². The minimum atomic E-state index is -0.164. The van der Waals surface area contributed by atoms with Gasteiger partial charge in [-0.2, -0.15) is 0 Å². The fourth-order valence-electron chi connectivity index (χ4n) is 2.50. The molecule has 0 aliphatic rings. The van der Waals surface area contributed by atoms with E-state index in [1.54, 1.807) is 0 Å². The van der Waals surface area contributed by atoms with E-state index in [9.17, 15) is 0 Å². The second-order valence-corrected chi connectivity index (χ2v) is 8.97. The van der Waals surface area contributed by atoms with Crippen molar-refractivity contribution in [2.45, 2.75) is 65.8 Å². The number of aliphatic imine (C=N–C) groups is 1. The lowest BCUT2D eigenvalue weighted by Crippen LogP contribution is -2.24. The lowest BCUT2D eigenvalue weighted by atomic mass is 9.93. The molecule has 0 aliphatic carbocycles. The zero-order valence-corrected chi connectivity index (χ0v) is 17.6. The van der Waals surface area contributed by atoms with Gasteiger partial charge in [-0.1, -0.05) is 60.3 Å². The van der Waals surface area contributed by atoms with Crippen molar-refractivity contribution in [1.82, 2.24) is 15.0 Å². The molecule has 0 atom stereocenters. The van der Waals surface area contributed by atoms with Gasteiger partial charge >= 0.3 is 0 Å². The molecule has 5 heteroatoms. The lowest BCUT2D eigenvalue weighted by molar-refractivity contribution is 0.497. The van der Waals surface area contributed by atoms with E-state index in [0.29, 0.717) is 12.4 Å². The maximum absolute atomic E-state index is 4.78. The van der Waals surface area contributed by atoms with Gasteiger partial charge in [0.15, 0.2) is 5.82 Å². The van der Waals surface area contributed by atoms with E-state index < -0.39 is 0 Å². The second kappa shape index (κ2) is 7.59. The quantitative estimate of drug-likeness (QED) is 0.732. The summed E-state index contributed by atoms with van der Waals surface area (Å²) < 4.78 is 0. The number of rotatable bonds is 5. The molecular formula is C22H31N5. The first-order chi connectivity index (χ1) is 12.4. The average molecular weight is 366 g/mol. The van der Waals surface area contributed by atoms with Crippen molar-refractivity contribution in [3.05, 3.63) is 47.7 Å². The molecule has 0 amide bonds. The van der Waals surface area contributed by atoms with Crippen LogP contribution in [-0.4, -0.2) is 21.7 Å². The normalized spacial score (nSPS) is 12.0. The van der Waals surface area contributed by atoms with Gasteiger partial charge in [0, 0.05) is 27.8 Å². The summed E-state index contributed by atoms with van der Waals surface area (Å²) in [5, 5.41) is 3.30. The molecule has 5 nitrogen and oxygen atoms in total. The van der Waals surface area contributed by atoms with Crippen molar-refractivity contribution in [2.24, 2.45) is 4.99 Å². The van der Waals surface area contributed by atoms with Gasteiger partial charge in [-0.25, -0.2) is 15.0 Å². The van der Waals surface area contributed by atoms with Gasteiger partial charge in [0.1, 0.15) is 11.6 Å². The molecule has 0 fully saturated rings. The fourth-order valence-corrected chi connectivity index (χ4v) is 2.50. The molecule has 0 unspecified atom stereocenters. The average Bonchev–Trinajstić information content (AvgIpc) is 2.54. The molecule has 1 N–H and O–H groups in total. The first-order valence-electron chi connectivity index (χ1n) is 9.17. The van der Waals surface area contributed by atoms with Crippen molar-refractivity contribution >= 4 is 12.4 Å². The summed E-state index contributed by atoms with van der Waals surface area (Å²) in [6, 6.07) is 6.11. The number of hydrogen-bond acceptors (Lipinski definition) is 5. The molecule has 0 radical (unpaired) electrons. The highest BCUT2D eigenvalue weighted by molar-refractivity contribution is 5.67. The first-order valence-corrected chi connectivity index (χ1v) is 9.17. The van der Waals surface area contributed by atoms with Crippen LogP contribution in [0.5, 0.6) is 0 Å². The van der Waals surface area contributed by atoms with Crippen molar-refractivity contribution in [3.63, 3.8) is 0 Å². The van der Waals surface area contributed by atoms with Crippen LogP contribution in [0.3, 0.4) is 0 Å². The molecule has 1 aromatic carbocycles. The summed E-state index contributed by atoms with van der Waals surface area (Å²) >= 11 is 0. The highest BCUT2D eigenvalue weighted by Crippen LogP contribution is 2.29. The maximum atomic E-state index is 4.78. The van der Waals surface area contributed by atoms with E-state index in [0.717, 1.165) is 34.2 Å². The lowest BCUT2D eigenvalue weighted by Gasteiger charge is -2.23. The van der Waals surface area contributed by atoms with Crippen LogP contribution in [0, 0.1) is 0 Å². The summed E-state index contributed by atoms with van der Waals surface area (Å²) in [5.74, 6) is 2.27. The van der Waals surface area contributed by atoms with Crippen molar-refractivity contribution in [1.29, 1.82) is 0 Å². The number of nitrogens with zero attached hydrogens (tertiary/aromatic N) is 4. The Morgan fingerprint density at radius 3 is 2.00 bits per heavy atom. The molecule has 27 heavy (non-hydrogen) atoms. The van der Waals surface area contributed by atoms with Crippen LogP contribution in [0.25, 0.3) is 11.4 Å². The van der Waals surface area contributed by atoms with Crippen LogP contribution in [0.2, 0.25) is 0 Å². The van der Waals surface area contributed by atoms with Gasteiger partial charge in [0.25, 0.3) is 0 Å². The van der Waals surface area contributed by atoms with Gasteiger partial charge in [-0.05, 0) is 25.3 Å². The monoisotopic (exact) mass is 365 g/mol. The Bertz CT molecular complexity index is 822. The molecule has 2 aromatic rings. The largest absolute Gasteiger partial charge is 0.359 e. The Morgan fingerprint density at radius 2 is 1.56 bits per heavy atom. The molecule has 1 heterocycles. The second-order valence-electron chi connectivity index (χ2n) is 8.97. The minimum Gasteiger partial charge on any atom is -0.359 e. The van der Waals surface area contributed by atoms with E-state index in [1.807, 2.05) is 25.1 Å². The minimum absolute atomic E-state index is 0.164. The van der Waals surface area contributed by atoms with Crippen molar-refractivity contribution in [2.75, 3.05) is 5.32 Å². The maximum Gasteiger partial charge on any atom is 0.163 e. The third-order valence-electron chi connectivity index (χ3n) is 3.98. The van der Waals surface area contributed by atoms with E-state index in [1.165, 1.54) is 0 Å². The predicted molar refractivity (Wildman–Crippen MR) is 114 cm³/mol. The number of hydrogen-bond donors (Lipinski definition) is 1. The SMILES string of the molecule is C=NCc1ccc(-c2nc(C(C)(C)C)nc(C(C)(C)C)n2)cc1NC(=C)C. The number of benzene rings is 1. The summed E-state index contributed by atoms with van der Waals surface area (Å²) in [4.78, 5) is 18.3. The van der Waals surface area contributed by atoms with Crippen LogP contribution in [0.15, 0.2) is 35.5 Å². The standard InChI is InChI=1S/C22H31N5/c1-14(2)24-17-12-15(10-11-16(17)13-23-9)18-25-19(21(3,4)5)27-20(26-18)22(6,7)8/h10-12,24H,1,9,13H2,2-8H3. The Hall–Kier alpha value is -2.56. The Kier molecular flexibility index (Phi) is 5.83. The molecular weight excluding hydrogens is 334 g/mol. The number of nitrogens with one attached hydrogen (secondary N) is 1. The Morgan fingerprint density at radius 1 is 1.00 bits per heavy atom. The Balaban J connectivity index is 2.65. The van der Waals surface area contributed by atoms with Crippen molar-refractivity contribution in [3.8, 4) is 11.4 Å². The molecule has 0 aliphatic heterocycles. The van der Waals surface area contributed by atoms with Gasteiger partial charge in [0.2, 0.25) is 0 Å². The highest BCUT2D eigenvalue weighted by atomic mass is 15.1. The topological polar surface area (TPSA) is 63.1 Å². The summed E-state index contributed by atoms with van der Waals surface area (Å²) in [6.45, 7) is 22.7. The van der Waals surface area contributed by atoms with Gasteiger partial charge in [-0.15, -0.1) is 0 Å². The zero-order valence-electron chi connectivity index (χ0n) is 17.6. The molecule has 2 rings (SSSR count). The molecule has 0 bridgehead atoms. The third kappa shape index (κ3) is 5.22. The van der Waals surface area contributed by atoms with Crippen LogP contribution < -0.4 is 5.32 Å². The van der Waals surface area contributed by atoms with Crippen LogP contribution >= 0.6 is 0 Å². The third-order valence-corrected chi connectivity index (χ3v) is 3.98. The van der Waals surface area contributed by atoms with Crippen molar-refractivity contribution < 1.29 is 0 Å². The molecule has 0 saturated carbocycles. The van der Waals surface area contributed by atoms with E-state index >= 15 is 0 Å². The smallest absolute Gasteiger partial charge is 0.163 e. The van der Waals surface area contributed by atoms with E-state index in [-0.39, 0.29) is 10.8 Å². The molecule has 144 valence electrons. The molecule has 0 saturated heterocycles. The number of allylic oxidation sites excluding steroid dienone is 1. The van der Waals surface area contributed by atoms with Gasteiger partial charge < -0.3 is 5.32 Å². The van der Waals surface area contributed by atoms with Crippen LogP contribution in [0.1, 0.15) is 65.7 Å². The van der Waals surface area contributed by atoms with Gasteiger partial charge in [-0.3, -0.25) is 4.99 Å². The summed E-state index contributed by atoms with van der Waals surface area (Å²) in [5.41, 5.74) is 3.47.